The van der Waals surface area contributed by atoms with Crippen LogP contribution in [0.5, 0.6) is 5.75 Å². The van der Waals surface area contributed by atoms with Crippen LogP contribution in [-0.4, -0.2) is 43.0 Å². The molecule has 0 heterocycles. The highest BCUT2D eigenvalue weighted by molar-refractivity contribution is 6.02. The summed E-state index contributed by atoms with van der Waals surface area (Å²) in [6.07, 6.45) is -5.66. The highest BCUT2D eigenvalue weighted by Crippen LogP contribution is 2.39. The lowest BCUT2D eigenvalue weighted by Gasteiger charge is -2.22. The molecule has 8 nitrogen and oxygen atoms in total. The first-order valence-electron chi connectivity index (χ1n) is 13.3. The Labute approximate surface area is 243 Å². The molecule has 0 atom stereocenters. The number of amides is 2. The number of ether oxygens (including phenoxy) is 3. The number of rotatable bonds is 5. The van der Waals surface area contributed by atoms with Crippen molar-refractivity contribution in [2.45, 2.75) is 65.3 Å². The number of alkyl carbamates (subject to hydrolysis) is 2. The molecule has 0 radical (unpaired) electrons. The Morgan fingerprint density at radius 1 is 0.786 bits per heavy atom. The van der Waals surface area contributed by atoms with Crippen LogP contribution in [0.2, 0.25) is 0 Å². The van der Waals surface area contributed by atoms with Gasteiger partial charge >= 0.3 is 18.4 Å². The second kappa shape index (κ2) is 12.7. The summed E-state index contributed by atoms with van der Waals surface area (Å²) >= 11 is 0. The highest BCUT2D eigenvalue weighted by atomic mass is 19.4. The Balaban J connectivity index is 1.90. The molecule has 2 N–H and O–H groups in total. The first-order valence-corrected chi connectivity index (χ1v) is 13.3. The first-order chi connectivity index (χ1) is 19.5. The number of hydrogen-bond donors (Lipinski definition) is 2. The van der Waals surface area contributed by atoms with Crippen LogP contribution < -0.4 is 15.4 Å². The number of aliphatic imine (C=N–C) groups is 1. The second-order valence-corrected chi connectivity index (χ2v) is 11.5. The van der Waals surface area contributed by atoms with Crippen LogP contribution in [-0.2, 0) is 22.1 Å². The number of guanidine groups is 1. The van der Waals surface area contributed by atoms with E-state index in [9.17, 15) is 22.8 Å². The molecular formula is C31H36F3N3O5. The molecule has 0 unspecified atom stereocenters. The van der Waals surface area contributed by atoms with Gasteiger partial charge in [-0.3, -0.25) is 15.6 Å². The minimum absolute atomic E-state index is 0.110. The molecule has 0 saturated heterocycles. The zero-order valence-electron chi connectivity index (χ0n) is 24.7. The minimum atomic E-state index is -4.49. The van der Waals surface area contributed by atoms with Gasteiger partial charge in [0, 0.05) is 12.1 Å². The maximum absolute atomic E-state index is 13.3. The fraction of sp³-hybridized carbons (Fsp3) is 0.387. The summed E-state index contributed by atoms with van der Waals surface area (Å²) in [6.45, 7) is 10.4. The molecule has 226 valence electrons. The van der Waals surface area contributed by atoms with Gasteiger partial charge in [0.1, 0.15) is 17.0 Å². The third-order valence-corrected chi connectivity index (χ3v) is 5.72. The van der Waals surface area contributed by atoms with Gasteiger partial charge in [0.2, 0.25) is 5.96 Å². The van der Waals surface area contributed by atoms with Gasteiger partial charge < -0.3 is 14.2 Å². The Morgan fingerprint density at radius 2 is 1.36 bits per heavy atom. The van der Waals surface area contributed by atoms with Crippen LogP contribution in [0.3, 0.4) is 0 Å². The molecule has 0 spiro atoms. The Hall–Kier alpha value is -4.28. The number of halogens is 3. The number of fused-ring (bicyclic) bond motifs is 1. The van der Waals surface area contributed by atoms with E-state index >= 15 is 0 Å². The molecule has 0 saturated carbocycles. The lowest BCUT2D eigenvalue weighted by Crippen LogP contribution is -2.47. The van der Waals surface area contributed by atoms with Crippen molar-refractivity contribution in [1.82, 2.24) is 10.6 Å². The molecule has 0 fully saturated rings. The predicted octanol–water partition coefficient (Wildman–Crippen LogP) is 7.48. The fourth-order valence-corrected chi connectivity index (χ4v) is 4.12. The van der Waals surface area contributed by atoms with Crippen LogP contribution in [0.25, 0.3) is 21.9 Å². The molecule has 42 heavy (non-hydrogen) atoms. The van der Waals surface area contributed by atoms with Gasteiger partial charge in [-0.1, -0.05) is 42.5 Å². The molecule has 0 aromatic heterocycles. The molecule has 2 amide bonds. The summed E-state index contributed by atoms with van der Waals surface area (Å²) in [5.41, 5.74) is -0.191. The fourth-order valence-electron chi connectivity index (χ4n) is 4.12. The number of alkyl halides is 3. The molecule has 0 bridgehead atoms. The molecule has 0 aliphatic rings. The number of benzene rings is 3. The molecule has 0 aliphatic carbocycles. The lowest BCUT2D eigenvalue weighted by atomic mass is 9.93. The van der Waals surface area contributed by atoms with Crippen molar-refractivity contribution < 1.29 is 37.0 Å². The summed E-state index contributed by atoms with van der Waals surface area (Å²) in [5.74, 6) is -0.0210. The quantitative estimate of drug-likeness (QED) is 0.238. The molecule has 3 rings (SSSR count). The van der Waals surface area contributed by atoms with Crippen molar-refractivity contribution in [3.8, 4) is 16.9 Å². The van der Waals surface area contributed by atoms with Gasteiger partial charge in [-0.15, -0.1) is 0 Å². The first kappa shape index (κ1) is 32.2. The SMILES string of the molecule is COc1cc(C(F)(F)F)ccc1-c1cccc2c(CCN=C(NC(=O)OC(C)(C)C)NC(=O)OC(C)(C)C)cccc12. The van der Waals surface area contributed by atoms with E-state index in [1.54, 1.807) is 41.5 Å². The monoisotopic (exact) mass is 587 g/mol. The summed E-state index contributed by atoms with van der Waals surface area (Å²) in [6, 6.07) is 14.6. The van der Waals surface area contributed by atoms with E-state index in [-0.39, 0.29) is 18.3 Å². The average molecular weight is 588 g/mol. The third kappa shape index (κ3) is 9.12. The lowest BCUT2D eigenvalue weighted by molar-refractivity contribution is -0.137. The number of carbonyl (C=O) groups excluding carboxylic acids is 2. The molecule has 11 heteroatoms. The minimum Gasteiger partial charge on any atom is -0.496 e. The zero-order valence-corrected chi connectivity index (χ0v) is 24.7. The maximum atomic E-state index is 13.3. The van der Waals surface area contributed by atoms with Gasteiger partial charge in [-0.05, 0) is 82.0 Å². The van der Waals surface area contributed by atoms with Crippen LogP contribution in [0, 0.1) is 0 Å². The van der Waals surface area contributed by atoms with E-state index in [4.69, 9.17) is 14.2 Å². The maximum Gasteiger partial charge on any atom is 0.416 e. The van der Waals surface area contributed by atoms with Crippen molar-refractivity contribution in [3.05, 3.63) is 65.7 Å². The van der Waals surface area contributed by atoms with E-state index in [1.165, 1.54) is 13.2 Å². The van der Waals surface area contributed by atoms with E-state index in [0.29, 0.717) is 17.5 Å². The van der Waals surface area contributed by atoms with Crippen molar-refractivity contribution in [3.63, 3.8) is 0 Å². The normalized spacial score (nSPS) is 12.0. The Morgan fingerprint density at radius 3 is 1.90 bits per heavy atom. The van der Waals surface area contributed by atoms with Crippen molar-refractivity contribution >= 4 is 28.9 Å². The van der Waals surface area contributed by atoms with Crippen molar-refractivity contribution in [2.75, 3.05) is 13.7 Å². The second-order valence-electron chi connectivity index (χ2n) is 11.5. The van der Waals surface area contributed by atoms with Crippen LogP contribution in [0.15, 0.2) is 59.6 Å². The topological polar surface area (TPSA) is 98.3 Å². The zero-order chi connectivity index (χ0) is 31.3. The van der Waals surface area contributed by atoms with Crippen molar-refractivity contribution in [2.24, 2.45) is 4.99 Å². The summed E-state index contributed by atoms with van der Waals surface area (Å²) in [5, 5.41) is 6.60. The Bertz CT molecular complexity index is 1440. The average Bonchev–Trinajstić information content (AvgIpc) is 2.85. The smallest absolute Gasteiger partial charge is 0.416 e. The number of nitrogens with zero attached hydrogens (tertiary/aromatic N) is 1. The predicted molar refractivity (Wildman–Crippen MR) is 156 cm³/mol. The van der Waals surface area contributed by atoms with Crippen LogP contribution in [0.1, 0.15) is 52.7 Å². The van der Waals surface area contributed by atoms with Gasteiger partial charge in [-0.2, -0.15) is 13.2 Å². The molecular weight excluding hydrogens is 551 g/mol. The van der Waals surface area contributed by atoms with Crippen molar-refractivity contribution in [1.29, 1.82) is 0 Å². The summed E-state index contributed by atoms with van der Waals surface area (Å²) < 4.78 is 55.7. The molecule has 0 aliphatic heterocycles. The number of carbonyl (C=O) groups is 2. The number of nitrogens with one attached hydrogen (secondary N) is 2. The Kier molecular flexibility index (Phi) is 9.75. The number of methoxy groups -OCH3 is 1. The third-order valence-electron chi connectivity index (χ3n) is 5.72. The standard InChI is InChI=1S/C31H36F3N3O5/c1-29(2,3)41-27(38)36-26(37-28(39)42-30(4,5)6)35-17-16-19-10-8-12-22-21(19)11-9-13-23(22)24-15-14-20(31(32,33)34)18-25(24)40-7/h8-15,18H,16-17H2,1-7H3,(H2,35,36,37,38,39). The van der Waals surface area contributed by atoms with Gasteiger partial charge in [-0.25, -0.2) is 9.59 Å². The van der Waals surface area contributed by atoms with E-state index < -0.39 is 35.1 Å². The van der Waals surface area contributed by atoms with E-state index in [2.05, 4.69) is 15.6 Å². The van der Waals surface area contributed by atoms with E-state index in [1.807, 2.05) is 36.4 Å². The summed E-state index contributed by atoms with van der Waals surface area (Å²) in [4.78, 5) is 29.1. The molecule has 3 aromatic carbocycles. The van der Waals surface area contributed by atoms with Gasteiger partial charge in [0.25, 0.3) is 0 Å². The van der Waals surface area contributed by atoms with Gasteiger partial charge in [0.05, 0.1) is 12.7 Å². The molecule has 3 aromatic rings. The van der Waals surface area contributed by atoms with E-state index in [0.717, 1.165) is 28.5 Å². The van der Waals surface area contributed by atoms with Crippen LogP contribution in [0.4, 0.5) is 22.8 Å². The largest absolute Gasteiger partial charge is 0.496 e. The number of hydrogen-bond acceptors (Lipinski definition) is 6. The summed E-state index contributed by atoms with van der Waals surface area (Å²) in [7, 11) is 1.34. The highest BCUT2D eigenvalue weighted by Gasteiger charge is 2.31. The van der Waals surface area contributed by atoms with Gasteiger partial charge in [0.15, 0.2) is 0 Å². The van der Waals surface area contributed by atoms with Crippen LogP contribution >= 0.6 is 0 Å².